The van der Waals surface area contributed by atoms with Gasteiger partial charge in [0.15, 0.2) is 0 Å². The summed E-state index contributed by atoms with van der Waals surface area (Å²) in [7, 11) is 0. The highest BCUT2D eigenvalue weighted by atomic mass is 32.1. The molecule has 0 N–H and O–H groups in total. The van der Waals surface area contributed by atoms with Crippen molar-refractivity contribution in [1.82, 2.24) is 0 Å². The summed E-state index contributed by atoms with van der Waals surface area (Å²) in [5.41, 5.74) is 10.6. The van der Waals surface area contributed by atoms with Gasteiger partial charge < -0.3 is 4.90 Å². The maximum Gasteiger partial charge on any atom is 0.0468 e. The van der Waals surface area contributed by atoms with Crippen LogP contribution in [0, 0.1) is 0 Å². The summed E-state index contributed by atoms with van der Waals surface area (Å²) in [6.45, 7) is 0. The van der Waals surface area contributed by atoms with Crippen LogP contribution in [-0.4, -0.2) is 0 Å². The minimum Gasteiger partial charge on any atom is -0.310 e. The van der Waals surface area contributed by atoms with Crippen molar-refractivity contribution in [3.8, 4) is 33.4 Å². The summed E-state index contributed by atoms with van der Waals surface area (Å²) >= 11 is 1.87. The molecule has 0 spiro atoms. The van der Waals surface area contributed by atoms with Gasteiger partial charge in [-0.2, -0.15) is 0 Å². The molecule has 9 rings (SSSR count). The molecule has 1 heterocycles. The molecule has 48 heavy (non-hydrogen) atoms. The molecular weight excluding hydrogens is 599 g/mol. The van der Waals surface area contributed by atoms with Gasteiger partial charge in [0.1, 0.15) is 0 Å². The summed E-state index contributed by atoms with van der Waals surface area (Å²) in [5.74, 6) is 0. The Balaban J connectivity index is 1.14. The molecule has 9 aromatic rings. The fraction of sp³-hybridized carbons (Fsp3) is 0. The molecule has 0 radical (unpaired) electrons. The monoisotopic (exact) mass is 629 g/mol. The van der Waals surface area contributed by atoms with Crippen molar-refractivity contribution in [2.24, 2.45) is 0 Å². The maximum absolute atomic E-state index is 2.38. The van der Waals surface area contributed by atoms with Crippen molar-refractivity contribution in [2.75, 3.05) is 4.90 Å². The van der Waals surface area contributed by atoms with Crippen LogP contribution in [-0.2, 0) is 0 Å². The van der Waals surface area contributed by atoms with Crippen LogP contribution in [0.25, 0.3) is 64.3 Å². The van der Waals surface area contributed by atoms with Gasteiger partial charge in [-0.15, -0.1) is 11.3 Å². The zero-order valence-corrected chi connectivity index (χ0v) is 27.1. The second kappa shape index (κ2) is 12.0. The molecular formula is C46H31NS. The fourth-order valence-electron chi connectivity index (χ4n) is 6.87. The third-order valence-corrected chi connectivity index (χ3v) is 10.4. The van der Waals surface area contributed by atoms with E-state index in [2.05, 4.69) is 193 Å². The van der Waals surface area contributed by atoms with Crippen LogP contribution in [0.1, 0.15) is 0 Å². The number of hydrogen-bond donors (Lipinski definition) is 0. The summed E-state index contributed by atoms with van der Waals surface area (Å²) in [5, 5.41) is 5.21. The van der Waals surface area contributed by atoms with E-state index in [9.17, 15) is 0 Å². The predicted octanol–water partition coefficient (Wildman–Crippen LogP) is 13.7. The van der Waals surface area contributed by atoms with E-state index in [1.165, 1.54) is 64.3 Å². The SMILES string of the molecule is c1ccc(-c2ccc(-c3ccc(N(c4cccc(-c5ccccc5)c4)c4ccc5c(ccc6sc7ccccc7c65)c4)cc3)cc2)cc1. The van der Waals surface area contributed by atoms with Gasteiger partial charge in [0.2, 0.25) is 0 Å². The maximum atomic E-state index is 2.38. The standard InChI is InChI=1S/C46H31NS/c1-3-10-32(11-4-1)34-18-20-35(21-19-34)36-22-25-39(26-23-36)47(40-15-9-14-37(30-40)33-12-5-2-6-13-33)41-27-28-42-38(31-41)24-29-45-46(42)43-16-7-8-17-44(43)48-45/h1-31H. The Labute approximate surface area is 284 Å². The van der Waals surface area contributed by atoms with Crippen molar-refractivity contribution < 1.29 is 0 Å². The van der Waals surface area contributed by atoms with Crippen LogP contribution >= 0.6 is 11.3 Å². The minimum atomic E-state index is 1.12. The number of fused-ring (bicyclic) bond motifs is 5. The molecule has 0 atom stereocenters. The van der Waals surface area contributed by atoms with E-state index in [-0.39, 0.29) is 0 Å². The quantitative estimate of drug-likeness (QED) is 0.177. The molecule has 226 valence electrons. The van der Waals surface area contributed by atoms with Crippen molar-refractivity contribution in [3.63, 3.8) is 0 Å². The van der Waals surface area contributed by atoms with E-state index in [1.807, 2.05) is 11.3 Å². The predicted molar refractivity (Wildman–Crippen MR) is 208 cm³/mol. The lowest BCUT2D eigenvalue weighted by Crippen LogP contribution is -2.10. The molecule has 2 heteroatoms. The molecule has 0 aliphatic rings. The van der Waals surface area contributed by atoms with Crippen LogP contribution in [0.3, 0.4) is 0 Å². The van der Waals surface area contributed by atoms with Gasteiger partial charge in [0, 0.05) is 37.2 Å². The molecule has 0 fully saturated rings. The summed E-state index contributed by atoms with van der Waals surface area (Å²) in [4.78, 5) is 2.38. The molecule has 0 aliphatic heterocycles. The van der Waals surface area contributed by atoms with Gasteiger partial charge in [-0.1, -0.05) is 140 Å². The first-order chi connectivity index (χ1) is 23.8. The number of nitrogens with zero attached hydrogens (tertiary/aromatic N) is 1. The Morgan fingerprint density at radius 3 is 1.56 bits per heavy atom. The van der Waals surface area contributed by atoms with Crippen LogP contribution in [0.4, 0.5) is 17.1 Å². The highest BCUT2D eigenvalue weighted by Gasteiger charge is 2.16. The lowest BCUT2D eigenvalue weighted by Gasteiger charge is -2.26. The van der Waals surface area contributed by atoms with Gasteiger partial charge >= 0.3 is 0 Å². The van der Waals surface area contributed by atoms with Crippen molar-refractivity contribution in [2.45, 2.75) is 0 Å². The first-order valence-electron chi connectivity index (χ1n) is 16.3. The normalized spacial score (nSPS) is 11.3. The zero-order valence-electron chi connectivity index (χ0n) is 26.3. The van der Waals surface area contributed by atoms with Gasteiger partial charge in [-0.05, 0) is 92.7 Å². The van der Waals surface area contributed by atoms with Crippen LogP contribution in [0.15, 0.2) is 188 Å². The second-order valence-corrected chi connectivity index (χ2v) is 13.3. The Morgan fingerprint density at radius 2 is 0.854 bits per heavy atom. The first kappa shape index (κ1) is 28.3. The number of benzene rings is 8. The Morgan fingerprint density at radius 1 is 0.312 bits per heavy atom. The molecule has 8 aromatic carbocycles. The lowest BCUT2D eigenvalue weighted by molar-refractivity contribution is 1.29. The number of thiophene rings is 1. The number of hydrogen-bond acceptors (Lipinski definition) is 2. The summed E-state index contributed by atoms with van der Waals surface area (Å²) in [6, 6.07) is 68.1. The molecule has 1 aromatic heterocycles. The molecule has 0 saturated carbocycles. The minimum absolute atomic E-state index is 1.12. The van der Waals surface area contributed by atoms with Gasteiger partial charge in [-0.3, -0.25) is 0 Å². The van der Waals surface area contributed by atoms with E-state index in [1.54, 1.807) is 0 Å². The highest BCUT2D eigenvalue weighted by molar-refractivity contribution is 7.26. The number of rotatable bonds is 6. The van der Waals surface area contributed by atoms with Crippen molar-refractivity contribution in [1.29, 1.82) is 0 Å². The smallest absolute Gasteiger partial charge is 0.0468 e. The zero-order chi connectivity index (χ0) is 31.9. The Hall–Kier alpha value is -5.96. The van der Waals surface area contributed by atoms with Gasteiger partial charge in [-0.25, -0.2) is 0 Å². The Kier molecular flexibility index (Phi) is 7.07. The summed E-state index contributed by atoms with van der Waals surface area (Å²) in [6.07, 6.45) is 0. The Bertz CT molecular complexity index is 2530. The fourth-order valence-corrected chi connectivity index (χ4v) is 7.99. The second-order valence-electron chi connectivity index (χ2n) is 12.2. The molecule has 0 bridgehead atoms. The topological polar surface area (TPSA) is 3.24 Å². The average Bonchev–Trinajstić information content (AvgIpc) is 3.55. The average molecular weight is 630 g/mol. The molecule has 0 saturated heterocycles. The molecule has 1 nitrogen and oxygen atoms in total. The van der Waals surface area contributed by atoms with Crippen molar-refractivity contribution >= 4 is 59.3 Å². The largest absolute Gasteiger partial charge is 0.310 e. The summed E-state index contributed by atoms with van der Waals surface area (Å²) < 4.78 is 2.66. The van der Waals surface area contributed by atoms with E-state index in [0.29, 0.717) is 0 Å². The third kappa shape index (κ3) is 5.13. The van der Waals surface area contributed by atoms with E-state index >= 15 is 0 Å². The third-order valence-electron chi connectivity index (χ3n) is 9.26. The molecule has 0 amide bonds. The van der Waals surface area contributed by atoms with Crippen molar-refractivity contribution in [3.05, 3.63) is 188 Å². The first-order valence-corrected chi connectivity index (χ1v) is 17.2. The van der Waals surface area contributed by atoms with E-state index in [0.717, 1.165) is 17.1 Å². The number of anilines is 3. The van der Waals surface area contributed by atoms with Gasteiger partial charge in [0.05, 0.1) is 0 Å². The van der Waals surface area contributed by atoms with Crippen LogP contribution < -0.4 is 4.90 Å². The molecule has 0 unspecified atom stereocenters. The van der Waals surface area contributed by atoms with Crippen LogP contribution in [0.5, 0.6) is 0 Å². The van der Waals surface area contributed by atoms with Gasteiger partial charge in [0.25, 0.3) is 0 Å². The van der Waals surface area contributed by atoms with Crippen LogP contribution in [0.2, 0.25) is 0 Å². The lowest BCUT2D eigenvalue weighted by atomic mass is 9.99. The van der Waals surface area contributed by atoms with E-state index < -0.39 is 0 Å². The molecule has 0 aliphatic carbocycles. The highest BCUT2D eigenvalue weighted by Crippen LogP contribution is 2.42. The van der Waals surface area contributed by atoms with E-state index in [4.69, 9.17) is 0 Å².